The molecule has 43 heavy (non-hydrogen) atoms. The molecule has 12 nitrogen and oxygen atoms in total. The highest BCUT2D eigenvalue weighted by Crippen LogP contribution is 2.71. The van der Waals surface area contributed by atoms with Crippen molar-refractivity contribution >= 4 is 29.8 Å². The van der Waals surface area contributed by atoms with Crippen molar-refractivity contribution in [1.29, 1.82) is 0 Å². The Bertz CT molecular complexity index is 1240. The van der Waals surface area contributed by atoms with Crippen molar-refractivity contribution in [2.45, 2.75) is 109 Å². The molecule has 4 saturated carbocycles. The highest BCUT2D eigenvalue weighted by atomic mass is 16.6. The molecule has 5 aliphatic rings. The van der Waals surface area contributed by atoms with Crippen LogP contribution in [0.4, 0.5) is 0 Å². The van der Waals surface area contributed by atoms with Crippen LogP contribution in [0.5, 0.6) is 0 Å². The van der Waals surface area contributed by atoms with E-state index in [9.17, 15) is 34.2 Å². The fourth-order valence-electron chi connectivity index (χ4n) is 9.80. The smallest absolute Gasteiger partial charge is 0.331 e. The van der Waals surface area contributed by atoms with Gasteiger partial charge in [0.25, 0.3) is 0 Å². The molecule has 12 heteroatoms. The van der Waals surface area contributed by atoms with E-state index in [1.54, 1.807) is 0 Å². The number of cyclic esters (lactones) is 1. The molecule has 0 saturated heterocycles. The molecule has 4 aliphatic carbocycles. The van der Waals surface area contributed by atoms with Crippen molar-refractivity contribution in [3.8, 4) is 0 Å². The standard InChI is InChI=1S/C31H42O12/c1-16(32)40-15-30-25(43-19(4)35)11-21(41-17(2)33)12-29(30,37)8-6-23-27(30)24(42-18(3)34)13-28(5)22(7-9-31(23,28)38)20-10-26(36)39-14-20/h10,21-25,27,37-38H,6-9,11-15H2,1-5H3/t21-,22+,23+,24+,25-,27+,28+,29+,30+,31+/m0/s1. The summed E-state index contributed by atoms with van der Waals surface area (Å²) >= 11 is 0. The summed E-state index contributed by atoms with van der Waals surface area (Å²) in [7, 11) is 0. The van der Waals surface area contributed by atoms with Crippen LogP contribution in [0.15, 0.2) is 11.6 Å². The largest absolute Gasteiger partial charge is 0.465 e. The van der Waals surface area contributed by atoms with Gasteiger partial charge in [-0.2, -0.15) is 0 Å². The third kappa shape index (κ3) is 4.94. The average molecular weight is 607 g/mol. The first-order chi connectivity index (χ1) is 20.1. The van der Waals surface area contributed by atoms with Crippen molar-refractivity contribution in [1.82, 2.24) is 0 Å². The maximum Gasteiger partial charge on any atom is 0.331 e. The molecule has 0 amide bonds. The van der Waals surface area contributed by atoms with Gasteiger partial charge in [-0.1, -0.05) is 6.92 Å². The van der Waals surface area contributed by atoms with Gasteiger partial charge in [0.05, 0.1) is 16.6 Å². The fourth-order valence-corrected chi connectivity index (χ4v) is 9.80. The monoisotopic (exact) mass is 606 g/mol. The maximum atomic E-state index is 12.8. The Labute approximate surface area is 250 Å². The van der Waals surface area contributed by atoms with Crippen LogP contribution in [0.3, 0.4) is 0 Å². The molecule has 0 aromatic rings. The van der Waals surface area contributed by atoms with E-state index in [2.05, 4.69) is 0 Å². The van der Waals surface area contributed by atoms with Crippen LogP contribution >= 0.6 is 0 Å². The summed E-state index contributed by atoms with van der Waals surface area (Å²) < 4.78 is 28.3. The van der Waals surface area contributed by atoms with Gasteiger partial charge >= 0.3 is 29.8 Å². The molecular weight excluding hydrogens is 564 g/mol. The first-order valence-electron chi connectivity index (χ1n) is 15.0. The average Bonchev–Trinajstić information content (AvgIpc) is 3.41. The first-order valence-corrected chi connectivity index (χ1v) is 15.0. The molecule has 0 spiro atoms. The van der Waals surface area contributed by atoms with Crippen LogP contribution in [0.1, 0.15) is 79.6 Å². The summed E-state index contributed by atoms with van der Waals surface area (Å²) in [5.41, 5.74) is -4.58. The van der Waals surface area contributed by atoms with E-state index < -0.39 is 82.0 Å². The van der Waals surface area contributed by atoms with E-state index in [0.29, 0.717) is 19.3 Å². The number of hydrogen-bond donors (Lipinski definition) is 2. The number of rotatable bonds is 6. The van der Waals surface area contributed by atoms with Crippen LogP contribution in [0.2, 0.25) is 0 Å². The fraction of sp³-hybridized carbons (Fsp3) is 0.774. The Hall–Kier alpha value is -2.99. The second kappa shape index (κ2) is 10.9. The molecule has 0 aromatic heterocycles. The number of aliphatic hydroxyl groups is 2. The summed E-state index contributed by atoms with van der Waals surface area (Å²) in [6, 6.07) is 0. The Kier molecular flexibility index (Phi) is 7.95. The van der Waals surface area contributed by atoms with Gasteiger partial charge in [-0.15, -0.1) is 0 Å². The molecule has 0 radical (unpaired) electrons. The van der Waals surface area contributed by atoms with Crippen LogP contribution in [-0.2, 0) is 47.7 Å². The summed E-state index contributed by atoms with van der Waals surface area (Å²) in [6.45, 7) is 6.70. The van der Waals surface area contributed by atoms with Gasteiger partial charge in [0, 0.05) is 57.9 Å². The zero-order valence-corrected chi connectivity index (χ0v) is 25.4. The first kappa shape index (κ1) is 31.4. The van der Waals surface area contributed by atoms with E-state index >= 15 is 0 Å². The van der Waals surface area contributed by atoms with Gasteiger partial charge < -0.3 is 33.9 Å². The quantitative estimate of drug-likeness (QED) is 0.333. The normalized spacial score (nSPS) is 43.2. The lowest BCUT2D eigenvalue weighted by Gasteiger charge is -2.68. The lowest BCUT2D eigenvalue weighted by molar-refractivity contribution is -0.320. The Morgan fingerprint density at radius 1 is 0.930 bits per heavy atom. The zero-order valence-electron chi connectivity index (χ0n) is 25.4. The molecule has 4 fully saturated rings. The van der Waals surface area contributed by atoms with E-state index in [-0.39, 0.29) is 44.8 Å². The third-order valence-electron chi connectivity index (χ3n) is 11.2. The van der Waals surface area contributed by atoms with Crippen molar-refractivity contribution in [3.63, 3.8) is 0 Å². The molecule has 5 rings (SSSR count). The number of carbonyl (C=O) groups excluding carboxylic acids is 5. The Morgan fingerprint density at radius 2 is 1.60 bits per heavy atom. The second-order valence-electron chi connectivity index (χ2n) is 13.4. The van der Waals surface area contributed by atoms with Crippen LogP contribution in [0, 0.1) is 28.6 Å². The number of ether oxygens (including phenoxy) is 5. The molecule has 10 atom stereocenters. The summed E-state index contributed by atoms with van der Waals surface area (Å²) in [5, 5.41) is 25.4. The topological polar surface area (TPSA) is 172 Å². The minimum absolute atomic E-state index is 0.0173. The predicted molar refractivity (Wildman–Crippen MR) is 146 cm³/mol. The minimum atomic E-state index is -1.68. The molecule has 1 heterocycles. The van der Waals surface area contributed by atoms with Gasteiger partial charge in [0.1, 0.15) is 31.5 Å². The summed E-state index contributed by atoms with van der Waals surface area (Å²) in [6.07, 6.45) is 0.250. The number of hydrogen-bond acceptors (Lipinski definition) is 12. The highest BCUT2D eigenvalue weighted by Gasteiger charge is 2.77. The molecule has 238 valence electrons. The maximum absolute atomic E-state index is 12.8. The lowest BCUT2D eigenvalue weighted by Crippen LogP contribution is -2.76. The van der Waals surface area contributed by atoms with E-state index in [0.717, 1.165) is 5.57 Å². The lowest BCUT2D eigenvalue weighted by atomic mass is 9.40. The van der Waals surface area contributed by atoms with Crippen molar-refractivity contribution < 1.29 is 57.9 Å². The second-order valence-corrected chi connectivity index (χ2v) is 13.4. The number of carbonyl (C=O) groups is 5. The Balaban J connectivity index is 1.68. The van der Waals surface area contributed by atoms with Crippen LogP contribution in [-0.4, -0.2) is 82.8 Å². The van der Waals surface area contributed by atoms with E-state index in [1.807, 2.05) is 6.92 Å². The number of fused-ring (bicyclic) bond motifs is 5. The number of esters is 5. The van der Waals surface area contributed by atoms with Crippen molar-refractivity contribution in [2.75, 3.05) is 13.2 Å². The van der Waals surface area contributed by atoms with Gasteiger partial charge in [0.15, 0.2) is 0 Å². The molecule has 1 aliphatic heterocycles. The van der Waals surface area contributed by atoms with Gasteiger partial charge in [-0.3, -0.25) is 19.2 Å². The van der Waals surface area contributed by atoms with Crippen LogP contribution in [0.25, 0.3) is 0 Å². The van der Waals surface area contributed by atoms with Crippen LogP contribution < -0.4 is 0 Å². The third-order valence-corrected chi connectivity index (χ3v) is 11.2. The van der Waals surface area contributed by atoms with Gasteiger partial charge in [0.2, 0.25) is 0 Å². The SMILES string of the molecule is CC(=O)OC[C@@]12[C@@H]3[C@@H](CC[C@@]1(O)C[C@@H](OC(C)=O)C[C@@H]2OC(C)=O)[C@]1(O)CC[C@H](C2=CC(=O)OC2)[C@@]1(C)C[C@H]3OC(C)=O. The highest BCUT2D eigenvalue weighted by molar-refractivity contribution is 5.85. The predicted octanol–water partition coefficient (Wildman–Crippen LogP) is 1.92. The Morgan fingerprint density at radius 3 is 2.19 bits per heavy atom. The minimum Gasteiger partial charge on any atom is -0.465 e. The van der Waals surface area contributed by atoms with Gasteiger partial charge in [-0.05, 0) is 49.5 Å². The molecule has 0 aromatic carbocycles. The molecule has 0 unspecified atom stereocenters. The molecular formula is C31H42O12. The van der Waals surface area contributed by atoms with E-state index in [4.69, 9.17) is 23.7 Å². The molecule has 0 bridgehead atoms. The van der Waals surface area contributed by atoms with Crippen molar-refractivity contribution in [2.24, 2.45) is 28.6 Å². The van der Waals surface area contributed by atoms with Gasteiger partial charge in [-0.25, -0.2) is 4.79 Å². The zero-order chi connectivity index (χ0) is 31.5. The van der Waals surface area contributed by atoms with Crippen molar-refractivity contribution in [3.05, 3.63) is 11.6 Å². The summed E-state index contributed by atoms with van der Waals surface area (Å²) in [5.74, 6) is -4.43. The summed E-state index contributed by atoms with van der Waals surface area (Å²) in [4.78, 5) is 61.4. The van der Waals surface area contributed by atoms with E-state index in [1.165, 1.54) is 33.8 Å². The molecule has 2 N–H and O–H groups in total.